The van der Waals surface area contributed by atoms with Crippen molar-refractivity contribution >= 4 is 11.6 Å². The molecule has 2 N–H and O–H groups in total. The molecule has 1 amide bonds. The van der Waals surface area contributed by atoms with Crippen LogP contribution in [0.3, 0.4) is 0 Å². The van der Waals surface area contributed by atoms with E-state index in [1.54, 1.807) is 23.2 Å². The van der Waals surface area contributed by atoms with Gasteiger partial charge in [-0.3, -0.25) is 4.79 Å². The maximum atomic E-state index is 12.3. The second-order valence-electron chi connectivity index (χ2n) is 4.92. The van der Waals surface area contributed by atoms with Crippen molar-refractivity contribution in [3.63, 3.8) is 0 Å². The van der Waals surface area contributed by atoms with Crippen molar-refractivity contribution in [2.45, 2.75) is 18.9 Å². The Bertz CT molecular complexity index is 435. The highest BCUT2D eigenvalue weighted by atomic mass is 16.2. The van der Waals surface area contributed by atoms with Crippen LogP contribution >= 0.6 is 0 Å². The molecule has 1 aromatic rings. The van der Waals surface area contributed by atoms with E-state index in [-0.39, 0.29) is 11.9 Å². The maximum Gasteiger partial charge on any atom is 0.274 e. The highest BCUT2D eigenvalue weighted by Gasteiger charge is 2.26. The van der Waals surface area contributed by atoms with Gasteiger partial charge in [0.2, 0.25) is 0 Å². The Hall–Kier alpha value is -1.62. The van der Waals surface area contributed by atoms with Crippen molar-refractivity contribution in [1.82, 2.24) is 14.8 Å². The van der Waals surface area contributed by atoms with Crippen LogP contribution in [0.15, 0.2) is 18.3 Å². The van der Waals surface area contributed by atoms with Crippen LogP contribution in [0.4, 0.5) is 5.69 Å². The molecule has 1 unspecified atom stereocenters. The van der Waals surface area contributed by atoms with Crippen LogP contribution in [-0.4, -0.2) is 53.9 Å². The lowest BCUT2D eigenvalue weighted by Gasteiger charge is -2.35. The van der Waals surface area contributed by atoms with Crippen LogP contribution in [0.1, 0.15) is 23.3 Å². The van der Waals surface area contributed by atoms with Gasteiger partial charge in [-0.05, 0) is 38.6 Å². The molecule has 2 rings (SSSR count). The monoisotopic (exact) mass is 248 g/mol. The number of pyridine rings is 1. The van der Waals surface area contributed by atoms with Gasteiger partial charge in [0.05, 0.1) is 5.69 Å². The summed E-state index contributed by atoms with van der Waals surface area (Å²) in [5, 5.41) is 0. The number of piperidine rings is 1. The second-order valence-corrected chi connectivity index (χ2v) is 4.92. The summed E-state index contributed by atoms with van der Waals surface area (Å²) in [4.78, 5) is 20.4. The molecule has 98 valence electrons. The number of amides is 1. The SMILES string of the molecule is CN1CCCC(N(C)C(=O)c2ncccc2N)C1. The lowest BCUT2D eigenvalue weighted by atomic mass is 10.0. The third-order valence-electron chi connectivity index (χ3n) is 3.51. The van der Waals surface area contributed by atoms with Crippen molar-refractivity contribution in [3.05, 3.63) is 24.0 Å². The molecule has 0 saturated carbocycles. The van der Waals surface area contributed by atoms with Gasteiger partial charge in [-0.15, -0.1) is 0 Å². The zero-order valence-electron chi connectivity index (χ0n) is 11.0. The number of carbonyl (C=O) groups excluding carboxylic acids is 1. The minimum absolute atomic E-state index is 0.0894. The first-order valence-electron chi connectivity index (χ1n) is 6.26. The van der Waals surface area contributed by atoms with Gasteiger partial charge in [-0.1, -0.05) is 0 Å². The van der Waals surface area contributed by atoms with E-state index in [2.05, 4.69) is 16.9 Å². The predicted molar refractivity (Wildman–Crippen MR) is 71.3 cm³/mol. The number of nitrogens with two attached hydrogens (primary N) is 1. The van der Waals surface area contributed by atoms with Crippen LogP contribution < -0.4 is 5.73 Å². The Balaban J connectivity index is 2.11. The fraction of sp³-hybridized carbons (Fsp3) is 0.538. The number of likely N-dealkylation sites (tertiary alicyclic amines) is 1. The van der Waals surface area contributed by atoms with Crippen molar-refractivity contribution in [1.29, 1.82) is 0 Å². The van der Waals surface area contributed by atoms with Gasteiger partial charge < -0.3 is 15.5 Å². The topological polar surface area (TPSA) is 62.5 Å². The van der Waals surface area contributed by atoms with Gasteiger partial charge in [0.15, 0.2) is 5.69 Å². The summed E-state index contributed by atoms with van der Waals surface area (Å²) < 4.78 is 0. The van der Waals surface area contributed by atoms with Gasteiger partial charge in [0.1, 0.15) is 0 Å². The molecular formula is C13H20N4O. The third-order valence-corrected chi connectivity index (χ3v) is 3.51. The van der Waals surface area contributed by atoms with Crippen molar-refractivity contribution < 1.29 is 4.79 Å². The number of nitrogen functional groups attached to an aromatic ring is 1. The molecule has 0 aliphatic carbocycles. The van der Waals surface area contributed by atoms with Gasteiger partial charge in [-0.2, -0.15) is 0 Å². The molecule has 0 bridgehead atoms. The largest absolute Gasteiger partial charge is 0.397 e. The van der Waals surface area contributed by atoms with E-state index in [1.807, 2.05) is 7.05 Å². The number of carbonyl (C=O) groups is 1. The van der Waals surface area contributed by atoms with E-state index in [4.69, 9.17) is 5.73 Å². The number of anilines is 1. The Morgan fingerprint density at radius 3 is 3.06 bits per heavy atom. The summed E-state index contributed by atoms with van der Waals surface area (Å²) in [6.07, 6.45) is 3.76. The summed E-state index contributed by atoms with van der Waals surface area (Å²) in [7, 11) is 3.92. The maximum absolute atomic E-state index is 12.3. The first-order chi connectivity index (χ1) is 8.59. The van der Waals surface area contributed by atoms with E-state index in [1.165, 1.54) is 0 Å². The third kappa shape index (κ3) is 2.61. The van der Waals surface area contributed by atoms with Crippen LogP contribution in [0.5, 0.6) is 0 Å². The van der Waals surface area contributed by atoms with E-state index in [0.29, 0.717) is 11.4 Å². The molecule has 1 aromatic heterocycles. The number of aromatic nitrogens is 1. The molecule has 1 aliphatic rings. The summed E-state index contributed by atoms with van der Waals surface area (Å²) in [5.74, 6) is -0.0894. The van der Waals surface area contributed by atoms with Crippen molar-refractivity contribution in [3.8, 4) is 0 Å². The fourth-order valence-corrected chi connectivity index (χ4v) is 2.38. The summed E-state index contributed by atoms with van der Waals surface area (Å²) in [6, 6.07) is 3.69. The molecule has 5 nitrogen and oxygen atoms in total. The first kappa shape index (κ1) is 12.8. The summed E-state index contributed by atoms with van der Waals surface area (Å²) in [5.41, 5.74) is 6.59. The van der Waals surface area contributed by atoms with E-state index in [0.717, 1.165) is 25.9 Å². The molecule has 0 aromatic carbocycles. The van der Waals surface area contributed by atoms with Crippen molar-refractivity contribution in [2.24, 2.45) is 0 Å². The number of nitrogens with zero attached hydrogens (tertiary/aromatic N) is 3. The lowest BCUT2D eigenvalue weighted by molar-refractivity contribution is 0.0639. The van der Waals surface area contributed by atoms with Gasteiger partial charge in [0.25, 0.3) is 5.91 Å². The molecule has 1 fully saturated rings. The van der Waals surface area contributed by atoms with Crippen LogP contribution in [0.25, 0.3) is 0 Å². The van der Waals surface area contributed by atoms with Crippen LogP contribution in [0, 0.1) is 0 Å². The van der Waals surface area contributed by atoms with Crippen molar-refractivity contribution in [2.75, 3.05) is 32.9 Å². The molecule has 0 spiro atoms. The highest BCUT2D eigenvalue weighted by molar-refractivity contribution is 5.97. The van der Waals surface area contributed by atoms with Gasteiger partial charge in [0, 0.05) is 25.8 Å². The average molecular weight is 248 g/mol. The first-order valence-corrected chi connectivity index (χ1v) is 6.26. The lowest BCUT2D eigenvalue weighted by Crippen LogP contribution is -2.47. The van der Waals surface area contributed by atoms with E-state index < -0.39 is 0 Å². The molecule has 1 saturated heterocycles. The Labute approximate surface area is 108 Å². The fourth-order valence-electron chi connectivity index (χ4n) is 2.38. The van der Waals surface area contributed by atoms with Gasteiger partial charge in [-0.25, -0.2) is 4.98 Å². The zero-order chi connectivity index (χ0) is 13.1. The van der Waals surface area contributed by atoms with Crippen LogP contribution in [-0.2, 0) is 0 Å². The molecule has 18 heavy (non-hydrogen) atoms. The number of hydrogen-bond acceptors (Lipinski definition) is 4. The number of rotatable bonds is 2. The quantitative estimate of drug-likeness (QED) is 0.842. The summed E-state index contributed by atoms with van der Waals surface area (Å²) >= 11 is 0. The number of hydrogen-bond donors (Lipinski definition) is 1. The Morgan fingerprint density at radius 2 is 2.39 bits per heavy atom. The highest BCUT2D eigenvalue weighted by Crippen LogP contribution is 2.17. The Kier molecular flexibility index (Phi) is 3.81. The smallest absolute Gasteiger partial charge is 0.274 e. The minimum atomic E-state index is -0.0894. The van der Waals surface area contributed by atoms with Gasteiger partial charge >= 0.3 is 0 Å². The number of likely N-dealkylation sites (N-methyl/N-ethyl adjacent to an activating group) is 2. The second kappa shape index (κ2) is 5.35. The molecule has 0 radical (unpaired) electrons. The zero-order valence-corrected chi connectivity index (χ0v) is 11.0. The van der Waals surface area contributed by atoms with E-state index in [9.17, 15) is 4.79 Å². The van der Waals surface area contributed by atoms with E-state index >= 15 is 0 Å². The molecule has 2 heterocycles. The standard InChI is InChI=1S/C13H20N4O/c1-16-8-4-5-10(9-16)17(2)13(18)12-11(14)6-3-7-15-12/h3,6-7,10H,4-5,8-9,14H2,1-2H3. The normalized spacial score (nSPS) is 20.7. The predicted octanol–water partition coefficient (Wildman–Crippen LogP) is 0.830. The Morgan fingerprint density at radius 1 is 1.61 bits per heavy atom. The molecule has 5 heteroatoms. The molecule has 1 aliphatic heterocycles. The average Bonchev–Trinajstić information content (AvgIpc) is 2.37. The molecule has 1 atom stereocenters. The minimum Gasteiger partial charge on any atom is -0.397 e. The van der Waals surface area contributed by atoms with Crippen LogP contribution in [0.2, 0.25) is 0 Å². The molecular weight excluding hydrogens is 228 g/mol. The summed E-state index contributed by atoms with van der Waals surface area (Å²) in [6.45, 7) is 2.01.